The SMILES string of the molecule is Cc1c(C(=O)N[C@H](C)CN2CCCC2=O)cnn1-c1ccccc1. The molecule has 2 heterocycles. The maximum absolute atomic E-state index is 12.5. The molecular formula is C18H22N4O2. The highest BCUT2D eigenvalue weighted by atomic mass is 16.2. The lowest BCUT2D eigenvalue weighted by Crippen LogP contribution is -2.42. The molecule has 0 saturated carbocycles. The van der Waals surface area contributed by atoms with E-state index in [1.165, 1.54) is 0 Å². The summed E-state index contributed by atoms with van der Waals surface area (Å²) >= 11 is 0. The Balaban J connectivity index is 1.67. The second-order valence-electron chi connectivity index (χ2n) is 6.21. The van der Waals surface area contributed by atoms with Gasteiger partial charge in [-0.1, -0.05) is 18.2 Å². The first-order chi connectivity index (χ1) is 11.6. The Hall–Kier alpha value is -2.63. The van der Waals surface area contributed by atoms with Crippen molar-refractivity contribution >= 4 is 11.8 Å². The van der Waals surface area contributed by atoms with Gasteiger partial charge < -0.3 is 10.2 Å². The summed E-state index contributed by atoms with van der Waals surface area (Å²) < 4.78 is 1.75. The fourth-order valence-corrected chi connectivity index (χ4v) is 3.04. The van der Waals surface area contributed by atoms with Crippen LogP contribution in [-0.2, 0) is 4.79 Å². The molecule has 2 amide bonds. The zero-order valence-corrected chi connectivity index (χ0v) is 14.0. The fraction of sp³-hybridized carbons (Fsp3) is 0.389. The monoisotopic (exact) mass is 326 g/mol. The average Bonchev–Trinajstić information content (AvgIpc) is 3.14. The van der Waals surface area contributed by atoms with E-state index in [9.17, 15) is 9.59 Å². The number of para-hydroxylation sites is 1. The van der Waals surface area contributed by atoms with Crippen LogP contribution in [0.15, 0.2) is 36.5 Å². The lowest BCUT2D eigenvalue weighted by atomic mass is 10.2. The molecule has 1 saturated heterocycles. The van der Waals surface area contributed by atoms with Crippen LogP contribution in [0.3, 0.4) is 0 Å². The van der Waals surface area contributed by atoms with E-state index in [2.05, 4.69) is 10.4 Å². The number of amides is 2. The molecule has 1 atom stereocenters. The number of hydrogen-bond donors (Lipinski definition) is 1. The Labute approximate surface area is 141 Å². The van der Waals surface area contributed by atoms with E-state index in [0.29, 0.717) is 18.5 Å². The number of aromatic nitrogens is 2. The number of hydrogen-bond acceptors (Lipinski definition) is 3. The van der Waals surface area contributed by atoms with Crippen molar-refractivity contribution in [2.75, 3.05) is 13.1 Å². The zero-order chi connectivity index (χ0) is 17.1. The van der Waals surface area contributed by atoms with Crippen molar-refractivity contribution in [1.29, 1.82) is 0 Å². The largest absolute Gasteiger partial charge is 0.348 e. The third kappa shape index (κ3) is 3.32. The van der Waals surface area contributed by atoms with Gasteiger partial charge in [-0.15, -0.1) is 0 Å². The molecule has 3 rings (SSSR count). The maximum Gasteiger partial charge on any atom is 0.255 e. The Morgan fingerprint density at radius 3 is 2.75 bits per heavy atom. The molecule has 0 bridgehead atoms. The highest BCUT2D eigenvalue weighted by molar-refractivity contribution is 5.95. The number of benzene rings is 1. The van der Waals surface area contributed by atoms with Crippen molar-refractivity contribution in [3.63, 3.8) is 0 Å². The molecular weight excluding hydrogens is 304 g/mol. The summed E-state index contributed by atoms with van der Waals surface area (Å²) in [5.74, 6) is 0.0120. The molecule has 0 radical (unpaired) electrons. The second kappa shape index (κ2) is 6.86. The van der Waals surface area contributed by atoms with Gasteiger partial charge in [0.25, 0.3) is 5.91 Å². The van der Waals surface area contributed by atoms with Gasteiger partial charge in [-0.3, -0.25) is 9.59 Å². The maximum atomic E-state index is 12.5. The van der Waals surface area contributed by atoms with Crippen LogP contribution >= 0.6 is 0 Å². The predicted molar refractivity (Wildman–Crippen MR) is 91.0 cm³/mol. The van der Waals surface area contributed by atoms with E-state index in [4.69, 9.17) is 0 Å². The first-order valence-corrected chi connectivity index (χ1v) is 8.25. The summed E-state index contributed by atoms with van der Waals surface area (Å²) in [5.41, 5.74) is 2.27. The van der Waals surface area contributed by atoms with Crippen LogP contribution in [0.1, 0.15) is 35.8 Å². The van der Waals surface area contributed by atoms with Crippen LogP contribution in [0.4, 0.5) is 0 Å². The number of likely N-dealkylation sites (tertiary alicyclic amines) is 1. The molecule has 1 aromatic carbocycles. The van der Waals surface area contributed by atoms with Crippen LogP contribution in [0, 0.1) is 6.92 Å². The van der Waals surface area contributed by atoms with Crippen molar-refractivity contribution in [2.45, 2.75) is 32.7 Å². The highest BCUT2D eigenvalue weighted by Gasteiger charge is 2.23. The van der Waals surface area contributed by atoms with Gasteiger partial charge in [0.05, 0.1) is 23.1 Å². The van der Waals surface area contributed by atoms with E-state index in [1.54, 1.807) is 10.9 Å². The average molecular weight is 326 g/mol. The third-order valence-corrected chi connectivity index (χ3v) is 4.30. The molecule has 2 aromatic rings. The molecule has 0 aliphatic carbocycles. The van der Waals surface area contributed by atoms with Crippen LogP contribution in [-0.4, -0.2) is 45.6 Å². The quantitative estimate of drug-likeness (QED) is 0.913. The van der Waals surface area contributed by atoms with Gasteiger partial charge in [0.2, 0.25) is 5.91 Å². The van der Waals surface area contributed by atoms with Gasteiger partial charge in [0.1, 0.15) is 0 Å². The number of nitrogens with zero attached hydrogens (tertiary/aromatic N) is 3. The summed E-state index contributed by atoms with van der Waals surface area (Å²) in [7, 11) is 0. The van der Waals surface area contributed by atoms with E-state index in [-0.39, 0.29) is 17.9 Å². The summed E-state index contributed by atoms with van der Waals surface area (Å²) in [6, 6.07) is 9.61. The zero-order valence-electron chi connectivity index (χ0n) is 14.0. The smallest absolute Gasteiger partial charge is 0.255 e. The first kappa shape index (κ1) is 16.2. The fourth-order valence-electron chi connectivity index (χ4n) is 3.04. The van der Waals surface area contributed by atoms with E-state index < -0.39 is 0 Å². The van der Waals surface area contributed by atoms with Crippen LogP contribution < -0.4 is 5.32 Å². The van der Waals surface area contributed by atoms with E-state index in [1.807, 2.05) is 49.1 Å². The van der Waals surface area contributed by atoms with Crippen LogP contribution in [0.5, 0.6) is 0 Å². The minimum Gasteiger partial charge on any atom is -0.348 e. The van der Waals surface area contributed by atoms with Gasteiger partial charge in [0.15, 0.2) is 0 Å². The van der Waals surface area contributed by atoms with Gasteiger partial charge in [-0.25, -0.2) is 4.68 Å². The Morgan fingerprint density at radius 2 is 2.08 bits per heavy atom. The minimum absolute atomic E-state index is 0.0981. The first-order valence-electron chi connectivity index (χ1n) is 8.25. The lowest BCUT2D eigenvalue weighted by molar-refractivity contribution is -0.127. The van der Waals surface area contributed by atoms with Crippen molar-refractivity contribution in [3.05, 3.63) is 47.8 Å². The van der Waals surface area contributed by atoms with Crippen LogP contribution in [0.25, 0.3) is 5.69 Å². The van der Waals surface area contributed by atoms with Crippen molar-refractivity contribution < 1.29 is 9.59 Å². The van der Waals surface area contributed by atoms with Gasteiger partial charge in [0, 0.05) is 25.6 Å². The Kier molecular flexibility index (Phi) is 4.64. The number of carbonyl (C=O) groups excluding carboxylic acids is 2. The molecule has 126 valence electrons. The van der Waals surface area contributed by atoms with E-state index >= 15 is 0 Å². The lowest BCUT2D eigenvalue weighted by Gasteiger charge is -2.21. The van der Waals surface area contributed by atoms with Gasteiger partial charge >= 0.3 is 0 Å². The number of carbonyl (C=O) groups is 2. The van der Waals surface area contributed by atoms with E-state index in [0.717, 1.165) is 24.3 Å². The molecule has 1 fully saturated rings. The van der Waals surface area contributed by atoms with Crippen molar-refractivity contribution in [3.8, 4) is 5.69 Å². The third-order valence-electron chi connectivity index (χ3n) is 4.30. The Bertz CT molecular complexity index is 739. The summed E-state index contributed by atoms with van der Waals surface area (Å²) in [6.45, 7) is 5.13. The molecule has 1 N–H and O–H groups in total. The second-order valence-corrected chi connectivity index (χ2v) is 6.21. The number of nitrogens with one attached hydrogen (secondary N) is 1. The highest BCUT2D eigenvalue weighted by Crippen LogP contribution is 2.14. The predicted octanol–water partition coefficient (Wildman–Crippen LogP) is 1.92. The van der Waals surface area contributed by atoms with Crippen molar-refractivity contribution in [2.24, 2.45) is 0 Å². The topological polar surface area (TPSA) is 67.2 Å². The minimum atomic E-state index is -0.158. The van der Waals surface area contributed by atoms with Crippen LogP contribution in [0.2, 0.25) is 0 Å². The summed E-state index contributed by atoms with van der Waals surface area (Å²) in [5, 5.41) is 7.28. The molecule has 6 heteroatoms. The molecule has 0 spiro atoms. The number of rotatable bonds is 5. The molecule has 0 unspecified atom stereocenters. The van der Waals surface area contributed by atoms with Gasteiger partial charge in [-0.05, 0) is 32.4 Å². The normalized spacial score (nSPS) is 15.6. The molecule has 1 aliphatic heterocycles. The standard InChI is InChI=1S/C18H22N4O2/c1-13(12-21-10-6-9-17(21)23)20-18(24)16-11-19-22(14(16)2)15-7-4-3-5-8-15/h3-5,7-8,11,13H,6,9-10,12H2,1-2H3,(H,20,24)/t13-/m1/s1. The summed E-state index contributed by atoms with van der Waals surface area (Å²) in [6.07, 6.45) is 3.11. The molecule has 6 nitrogen and oxygen atoms in total. The Morgan fingerprint density at radius 1 is 1.33 bits per heavy atom. The summed E-state index contributed by atoms with van der Waals surface area (Å²) in [4.78, 5) is 26.0. The van der Waals surface area contributed by atoms with Crippen molar-refractivity contribution in [1.82, 2.24) is 20.0 Å². The molecule has 1 aliphatic rings. The molecule has 1 aromatic heterocycles. The molecule has 24 heavy (non-hydrogen) atoms. The van der Waals surface area contributed by atoms with Gasteiger partial charge in [-0.2, -0.15) is 5.10 Å².